The van der Waals surface area contributed by atoms with E-state index in [1.807, 2.05) is 13.0 Å². The first-order chi connectivity index (χ1) is 10.4. The molecule has 0 bridgehead atoms. The number of aliphatic imine (C=N–C) groups is 1. The minimum Gasteiger partial charge on any atom is -0.357 e. The van der Waals surface area contributed by atoms with E-state index in [1.54, 1.807) is 12.1 Å². The normalized spacial score (nSPS) is 11.8. The number of rotatable bonds is 7. The van der Waals surface area contributed by atoms with Crippen LogP contribution in [0.5, 0.6) is 0 Å². The van der Waals surface area contributed by atoms with E-state index in [4.69, 9.17) is 0 Å². The molecule has 6 heteroatoms. The first-order valence-electron chi connectivity index (χ1n) is 7.92. The molecule has 0 saturated heterocycles. The second-order valence-electron chi connectivity index (χ2n) is 6.24. The van der Waals surface area contributed by atoms with E-state index in [-0.39, 0.29) is 35.3 Å². The molecule has 0 unspecified atom stereocenters. The Morgan fingerprint density at radius 1 is 1.17 bits per heavy atom. The van der Waals surface area contributed by atoms with Crippen molar-refractivity contribution in [2.24, 2.45) is 4.99 Å². The molecule has 0 saturated carbocycles. The Morgan fingerprint density at radius 2 is 1.91 bits per heavy atom. The van der Waals surface area contributed by atoms with Gasteiger partial charge in [0, 0.05) is 25.2 Å². The van der Waals surface area contributed by atoms with Gasteiger partial charge in [-0.2, -0.15) is 0 Å². The van der Waals surface area contributed by atoms with E-state index in [0.717, 1.165) is 37.6 Å². The molecule has 1 rings (SSSR count). The molecule has 1 aromatic carbocycles. The lowest BCUT2D eigenvalue weighted by atomic mass is 10.1. The Kier molecular flexibility index (Phi) is 11.2. The van der Waals surface area contributed by atoms with Crippen molar-refractivity contribution in [3.05, 3.63) is 35.6 Å². The smallest absolute Gasteiger partial charge is 0.191 e. The monoisotopic (exact) mass is 436 g/mol. The quantitative estimate of drug-likeness (QED) is 0.267. The molecule has 0 aliphatic heterocycles. The third-order valence-corrected chi connectivity index (χ3v) is 2.98. The Morgan fingerprint density at radius 3 is 2.52 bits per heavy atom. The van der Waals surface area contributed by atoms with Gasteiger partial charge in [-0.15, -0.1) is 24.0 Å². The van der Waals surface area contributed by atoms with Crippen molar-refractivity contribution in [2.75, 3.05) is 26.2 Å². The van der Waals surface area contributed by atoms with Gasteiger partial charge in [-0.05, 0) is 51.8 Å². The molecule has 0 amide bonds. The first-order valence-corrected chi connectivity index (χ1v) is 7.92. The van der Waals surface area contributed by atoms with Crippen LogP contribution < -0.4 is 16.0 Å². The standard InChI is InChI=1S/C17H29FN4.HI/c1-5-19-16(21-11-12-22-17(2,3)4)20-10-9-14-7-6-8-15(18)13-14;/h6-8,13,22H,5,9-12H2,1-4H3,(H2,19,20,21);1H. The zero-order valence-corrected chi connectivity index (χ0v) is 16.9. The minimum atomic E-state index is -0.189. The fraction of sp³-hybridized carbons (Fsp3) is 0.588. The Labute approximate surface area is 156 Å². The van der Waals surface area contributed by atoms with Crippen LogP contribution in [-0.2, 0) is 6.42 Å². The number of nitrogens with zero attached hydrogens (tertiary/aromatic N) is 1. The van der Waals surface area contributed by atoms with Crippen LogP contribution in [0.2, 0.25) is 0 Å². The maximum absolute atomic E-state index is 13.1. The summed E-state index contributed by atoms with van der Waals surface area (Å²) in [4.78, 5) is 4.52. The fourth-order valence-electron chi connectivity index (χ4n) is 1.96. The highest BCUT2D eigenvalue weighted by Crippen LogP contribution is 2.03. The Balaban J connectivity index is 0.00000484. The predicted molar refractivity (Wildman–Crippen MR) is 107 cm³/mol. The summed E-state index contributed by atoms with van der Waals surface area (Å²) in [5, 5.41) is 9.89. The van der Waals surface area contributed by atoms with Crippen molar-refractivity contribution < 1.29 is 4.39 Å². The van der Waals surface area contributed by atoms with Gasteiger partial charge < -0.3 is 16.0 Å². The van der Waals surface area contributed by atoms with Crippen molar-refractivity contribution >= 4 is 29.9 Å². The second-order valence-corrected chi connectivity index (χ2v) is 6.24. The molecule has 1 aromatic rings. The largest absolute Gasteiger partial charge is 0.357 e. The van der Waals surface area contributed by atoms with Gasteiger partial charge in [-0.25, -0.2) is 4.39 Å². The van der Waals surface area contributed by atoms with Gasteiger partial charge in [0.05, 0.1) is 6.54 Å². The van der Waals surface area contributed by atoms with Crippen molar-refractivity contribution in [1.29, 1.82) is 0 Å². The third kappa shape index (κ3) is 11.3. The molecule has 0 fully saturated rings. The zero-order chi connectivity index (χ0) is 16.4. The van der Waals surface area contributed by atoms with Crippen LogP contribution in [0, 0.1) is 5.82 Å². The van der Waals surface area contributed by atoms with Crippen LogP contribution in [0.3, 0.4) is 0 Å². The molecule has 3 N–H and O–H groups in total. The highest BCUT2D eigenvalue weighted by Gasteiger charge is 2.07. The summed E-state index contributed by atoms with van der Waals surface area (Å²) in [5.41, 5.74) is 1.09. The maximum atomic E-state index is 13.1. The lowest BCUT2D eigenvalue weighted by Crippen LogP contribution is -2.40. The molecule has 0 spiro atoms. The zero-order valence-electron chi connectivity index (χ0n) is 14.6. The van der Waals surface area contributed by atoms with Gasteiger partial charge in [0.2, 0.25) is 0 Å². The summed E-state index contributed by atoms with van der Waals surface area (Å²) in [7, 11) is 0. The summed E-state index contributed by atoms with van der Waals surface area (Å²) >= 11 is 0. The summed E-state index contributed by atoms with van der Waals surface area (Å²) in [6.07, 6.45) is 0.766. The van der Waals surface area contributed by atoms with Gasteiger partial charge in [0.25, 0.3) is 0 Å². The highest BCUT2D eigenvalue weighted by molar-refractivity contribution is 14.0. The number of hydrogen-bond donors (Lipinski definition) is 3. The van der Waals surface area contributed by atoms with Gasteiger partial charge in [0.15, 0.2) is 5.96 Å². The lowest BCUT2D eigenvalue weighted by molar-refractivity contribution is 0.432. The van der Waals surface area contributed by atoms with Crippen LogP contribution >= 0.6 is 24.0 Å². The molecule has 0 heterocycles. The Hall–Kier alpha value is -0.890. The SMILES string of the molecule is CCNC(=NCCNC(C)(C)C)NCCc1cccc(F)c1.I. The predicted octanol–water partition coefficient (Wildman–Crippen LogP) is 2.93. The van der Waals surface area contributed by atoms with Gasteiger partial charge in [-0.1, -0.05) is 12.1 Å². The summed E-state index contributed by atoms with van der Waals surface area (Å²) < 4.78 is 13.1. The molecule has 4 nitrogen and oxygen atoms in total. The number of guanidine groups is 1. The van der Waals surface area contributed by atoms with E-state index >= 15 is 0 Å². The van der Waals surface area contributed by atoms with Crippen molar-refractivity contribution in [2.45, 2.75) is 39.7 Å². The van der Waals surface area contributed by atoms with Crippen LogP contribution in [0.1, 0.15) is 33.3 Å². The topological polar surface area (TPSA) is 48.5 Å². The molecule has 0 aromatic heterocycles. The van der Waals surface area contributed by atoms with Gasteiger partial charge >= 0.3 is 0 Å². The van der Waals surface area contributed by atoms with Crippen LogP contribution in [0.4, 0.5) is 4.39 Å². The fourth-order valence-corrected chi connectivity index (χ4v) is 1.96. The minimum absolute atomic E-state index is 0. The Bertz CT molecular complexity index is 472. The van der Waals surface area contributed by atoms with Crippen LogP contribution in [0.25, 0.3) is 0 Å². The van der Waals surface area contributed by atoms with E-state index in [2.05, 4.69) is 41.7 Å². The van der Waals surface area contributed by atoms with Crippen molar-refractivity contribution in [3.63, 3.8) is 0 Å². The van der Waals surface area contributed by atoms with Crippen LogP contribution in [-0.4, -0.2) is 37.7 Å². The molecule has 0 radical (unpaired) electrons. The van der Waals surface area contributed by atoms with Crippen molar-refractivity contribution in [3.8, 4) is 0 Å². The molecule has 0 aliphatic carbocycles. The maximum Gasteiger partial charge on any atom is 0.191 e. The van der Waals surface area contributed by atoms with E-state index in [1.165, 1.54) is 6.07 Å². The molecule has 23 heavy (non-hydrogen) atoms. The average molecular weight is 436 g/mol. The molecular formula is C17H30FIN4. The third-order valence-electron chi connectivity index (χ3n) is 2.98. The van der Waals surface area contributed by atoms with E-state index in [9.17, 15) is 4.39 Å². The van der Waals surface area contributed by atoms with E-state index in [0.29, 0.717) is 6.54 Å². The molecule has 132 valence electrons. The molecule has 0 aliphatic rings. The number of hydrogen-bond acceptors (Lipinski definition) is 2. The van der Waals surface area contributed by atoms with Crippen molar-refractivity contribution in [1.82, 2.24) is 16.0 Å². The number of halogens is 2. The van der Waals surface area contributed by atoms with Gasteiger partial charge in [0.1, 0.15) is 5.82 Å². The molecular weight excluding hydrogens is 406 g/mol. The highest BCUT2D eigenvalue weighted by atomic mass is 127. The van der Waals surface area contributed by atoms with Gasteiger partial charge in [-0.3, -0.25) is 4.99 Å². The summed E-state index contributed by atoms with van der Waals surface area (Å²) in [5.74, 6) is 0.612. The van der Waals surface area contributed by atoms with E-state index < -0.39 is 0 Å². The number of nitrogens with one attached hydrogen (secondary N) is 3. The lowest BCUT2D eigenvalue weighted by Gasteiger charge is -2.20. The average Bonchev–Trinajstić information content (AvgIpc) is 2.42. The van der Waals surface area contributed by atoms with Crippen LogP contribution in [0.15, 0.2) is 29.3 Å². The summed E-state index contributed by atoms with van der Waals surface area (Å²) in [6, 6.07) is 6.70. The number of benzene rings is 1. The second kappa shape index (κ2) is 11.6. The molecule has 0 atom stereocenters. The summed E-state index contributed by atoms with van der Waals surface area (Å²) in [6.45, 7) is 11.5. The first kappa shape index (κ1) is 22.1.